The fourth-order valence-electron chi connectivity index (χ4n) is 2.55. The van der Waals surface area contributed by atoms with Gasteiger partial charge in [0.05, 0.1) is 11.7 Å². The van der Waals surface area contributed by atoms with Crippen LogP contribution in [0.4, 0.5) is 5.69 Å². The van der Waals surface area contributed by atoms with Crippen LogP contribution < -0.4 is 5.06 Å². The monoisotopic (exact) mass is 217 g/mol. The van der Waals surface area contributed by atoms with Gasteiger partial charge in [-0.3, -0.25) is 9.63 Å². The van der Waals surface area contributed by atoms with E-state index in [1.165, 1.54) is 0 Å². The lowest BCUT2D eigenvalue weighted by molar-refractivity contribution is -0.137. The Morgan fingerprint density at radius 3 is 2.81 bits per heavy atom. The number of nitrogens with zero attached hydrogens (tertiary/aromatic N) is 1. The Kier molecular flexibility index (Phi) is 2.40. The number of benzene rings is 1. The SMILES string of the molecule is O=C1CC2CCCC1ON2c1ccccc1. The standard InChI is InChI=1S/C13H15NO2/c15-12-9-11-7-4-8-13(12)16-14(11)10-5-2-1-3-6-10/h1-3,5-6,11,13H,4,7-9H2. The van der Waals surface area contributed by atoms with Gasteiger partial charge in [0.2, 0.25) is 0 Å². The number of hydrogen-bond acceptors (Lipinski definition) is 3. The Morgan fingerprint density at radius 1 is 1.19 bits per heavy atom. The third-order valence-electron chi connectivity index (χ3n) is 3.38. The first-order chi connectivity index (χ1) is 7.84. The van der Waals surface area contributed by atoms with Crippen LogP contribution in [0.1, 0.15) is 25.7 Å². The van der Waals surface area contributed by atoms with E-state index in [4.69, 9.17) is 4.84 Å². The fraction of sp³-hybridized carbons (Fsp3) is 0.462. The lowest BCUT2D eigenvalue weighted by atomic mass is 10.1. The lowest BCUT2D eigenvalue weighted by Gasteiger charge is -2.36. The van der Waals surface area contributed by atoms with Crippen LogP contribution in [-0.2, 0) is 9.63 Å². The predicted octanol–water partition coefficient (Wildman–Crippen LogP) is 2.32. The van der Waals surface area contributed by atoms with Crippen molar-refractivity contribution < 1.29 is 9.63 Å². The molecule has 1 saturated carbocycles. The third-order valence-corrected chi connectivity index (χ3v) is 3.38. The molecule has 2 bridgehead atoms. The summed E-state index contributed by atoms with van der Waals surface area (Å²) in [5.41, 5.74) is 1.06. The summed E-state index contributed by atoms with van der Waals surface area (Å²) in [7, 11) is 0. The molecule has 3 heteroatoms. The second-order valence-corrected chi connectivity index (χ2v) is 4.51. The first-order valence-electron chi connectivity index (χ1n) is 5.88. The molecule has 3 fully saturated rings. The van der Waals surface area contributed by atoms with Crippen molar-refractivity contribution in [1.82, 2.24) is 0 Å². The minimum absolute atomic E-state index is 0.209. The molecule has 16 heavy (non-hydrogen) atoms. The zero-order chi connectivity index (χ0) is 11.0. The van der Waals surface area contributed by atoms with E-state index in [-0.39, 0.29) is 17.9 Å². The van der Waals surface area contributed by atoms with Crippen LogP contribution in [0.25, 0.3) is 0 Å². The molecule has 4 rings (SSSR count). The third kappa shape index (κ3) is 1.61. The van der Waals surface area contributed by atoms with Crippen LogP contribution in [0.15, 0.2) is 30.3 Å². The van der Waals surface area contributed by atoms with Crippen LogP contribution in [0.2, 0.25) is 0 Å². The van der Waals surface area contributed by atoms with Gasteiger partial charge >= 0.3 is 0 Å². The molecular formula is C13H15NO2. The highest BCUT2D eigenvalue weighted by atomic mass is 16.7. The normalized spacial score (nSPS) is 29.2. The Labute approximate surface area is 95.0 Å². The van der Waals surface area contributed by atoms with Crippen LogP contribution in [-0.4, -0.2) is 17.9 Å². The fourth-order valence-corrected chi connectivity index (χ4v) is 2.55. The summed E-state index contributed by atoms with van der Waals surface area (Å²) < 4.78 is 0. The summed E-state index contributed by atoms with van der Waals surface area (Å²) in [6.45, 7) is 0. The van der Waals surface area contributed by atoms with Gasteiger partial charge in [-0.25, -0.2) is 5.06 Å². The summed E-state index contributed by atoms with van der Waals surface area (Å²) in [5.74, 6) is 0.273. The van der Waals surface area contributed by atoms with E-state index in [0.29, 0.717) is 6.42 Å². The first kappa shape index (κ1) is 9.85. The minimum Gasteiger partial charge on any atom is -0.297 e. The van der Waals surface area contributed by atoms with Gasteiger partial charge in [-0.1, -0.05) is 18.2 Å². The molecule has 1 aliphatic carbocycles. The van der Waals surface area contributed by atoms with Crippen molar-refractivity contribution in [1.29, 1.82) is 0 Å². The number of carbonyl (C=O) groups is 1. The van der Waals surface area contributed by atoms with Crippen LogP contribution >= 0.6 is 0 Å². The van der Waals surface area contributed by atoms with E-state index >= 15 is 0 Å². The van der Waals surface area contributed by atoms with Crippen LogP contribution in [0, 0.1) is 0 Å². The smallest absolute Gasteiger partial charge is 0.166 e. The van der Waals surface area contributed by atoms with E-state index in [2.05, 4.69) is 0 Å². The highest BCUT2D eigenvalue weighted by molar-refractivity contribution is 5.85. The summed E-state index contributed by atoms with van der Waals surface area (Å²) in [6.07, 6.45) is 3.44. The van der Waals surface area contributed by atoms with Crippen molar-refractivity contribution in [3.8, 4) is 0 Å². The number of anilines is 1. The van der Waals surface area contributed by atoms with Crippen LogP contribution in [0.3, 0.4) is 0 Å². The molecule has 1 aromatic carbocycles. The molecule has 2 aliphatic heterocycles. The summed E-state index contributed by atoms with van der Waals surface area (Å²) >= 11 is 0. The molecular weight excluding hydrogens is 202 g/mol. The zero-order valence-corrected chi connectivity index (χ0v) is 9.13. The Hall–Kier alpha value is -1.35. The number of Topliss-reactive ketones (excluding diaryl/α,β-unsaturated/α-hetero) is 1. The quantitative estimate of drug-likeness (QED) is 0.723. The molecule has 2 heterocycles. The molecule has 0 aromatic heterocycles. The number of hydroxylamine groups is 1. The predicted molar refractivity (Wildman–Crippen MR) is 61.1 cm³/mol. The van der Waals surface area contributed by atoms with E-state index in [1.807, 2.05) is 35.4 Å². The number of carbonyl (C=O) groups excluding carboxylic acids is 1. The molecule has 0 radical (unpaired) electrons. The molecule has 2 atom stereocenters. The van der Waals surface area contributed by atoms with E-state index in [0.717, 1.165) is 24.9 Å². The van der Waals surface area contributed by atoms with Gasteiger partial charge in [0.25, 0.3) is 0 Å². The van der Waals surface area contributed by atoms with Crippen molar-refractivity contribution in [3.05, 3.63) is 30.3 Å². The van der Waals surface area contributed by atoms with Crippen molar-refractivity contribution in [3.63, 3.8) is 0 Å². The highest BCUT2D eigenvalue weighted by Gasteiger charge is 2.38. The Balaban J connectivity index is 1.90. The number of fused-ring (bicyclic) bond motifs is 4. The average molecular weight is 217 g/mol. The molecule has 1 aromatic rings. The van der Waals surface area contributed by atoms with Gasteiger partial charge in [0, 0.05) is 6.42 Å². The van der Waals surface area contributed by atoms with Gasteiger partial charge in [-0.05, 0) is 31.4 Å². The van der Waals surface area contributed by atoms with Gasteiger partial charge in [0.15, 0.2) is 5.78 Å². The zero-order valence-electron chi connectivity index (χ0n) is 9.13. The molecule has 3 nitrogen and oxygen atoms in total. The number of para-hydroxylation sites is 1. The maximum absolute atomic E-state index is 11.7. The van der Waals surface area contributed by atoms with E-state index < -0.39 is 0 Å². The van der Waals surface area contributed by atoms with Gasteiger partial charge in [0.1, 0.15) is 6.10 Å². The topological polar surface area (TPSA) is 29.5 Å². The molecule has 2 unspecified atom stereocenters. The van der Waals surface area contributed by atoms with Crippen LogP contribution in [0.5, 0.6) is 0 Å². The van der Waals surface area contributed by atoms with Crippen molar-refractivity contribution in [2.75, 3.05) is 5.06 Å². The highest BCUT2D eigenvalue weighted by Crippen LogP contribution is 2.32. The van der Waals surface area contributed by atoms with Crippen molar-refractivity contribution in [2.45, 2.75) is 37.8 Å². The molecule has 3 aliphatic rings. The molecule has 0 amide bonds. The molecule has 2 saturated heterocycles. The largest absolute Gasteiger partial charge is 0.297 e. The lowest BCUT2D eigenvalue weighted by Crippen LogP contribution is -2.46. The summed E-state index contributed by atoms with van der Waals surface area (Å²) in [6, 6.07) is 10.3. The average Bonchev–Trinajstić information content (AvgIpc) is 2.62. The molecule has 0 N–H and O–H groups in total. The Bertz CT molecular complexity index is 390. The number of rotatable bonds is 1. The second-order valence-electron chi connectivity index (χ2n) is 4.51. The molecule has 0 spiro atoms. The van der Waals surface area contributed by atoms with Gasteiger partial charge < -0.3 is 0 Å². The van der Waals surface area contributed by atoms with E-state index in [9.17, 15) is 4.79 Å². The second kappa shape index (κ2) is 3.91. The van der Waals surface area contributed by atoms with Crippen molar-refractivity contribution in [2.24, 2.45) is 0 Å². The van der Waals surface area contributed by atoms with Crippen molar-refractivity contribution >= 4 is 11.5 Å². The van der Waals surface area contributed by atoms with Gasteiger partial charge in [-0.2, -0.15) is 0 Å². The number of ketones is 1. The maximum Gasteiger partial charge on any atom is 0.166 e. The van der Waals surface area contributed by atoms with Gasteiger partial charge in [-0.15, -0.1) is 0 Å². The van der Waals surface area contributed by atoms with E-state index in [1.54, 1.807) is 0 Å². The Morgan fingerprint density at radius 2 is 2.00 bits per heavy atom. The summed E-state index contributed by atoms with van der Waals surface area (Å²) in [4.78, 5) is 17.5. The first-order valence-corrected chi connectivity index (χ1v) is 5.88. The molecule has 84 valence electrons. The maximum atomic E-state index is 11.7. The minimum atomic E-state index is -0.209. The number of hydrogen-bond donors (Lipinski definition) is 0. The summed E-state index contributed by atoms with van der Waals surface area (Å²) in [5, 5.41) is 1.94.